The Kier molecular flexibility index (Phi) is 4.43. The molecular weight excluding hydrogens is 239 g/mol. The predicted molar refractivity (Wildman–Crippen MR) is 67.4 cm³/mol. The molecule has 102 valence electrons. The number of benzene rings is 1. The maximum absolute atomic E-state index is 12.4. The number of nitrogens with one attached hydrogen (secondary N) is 1. The Morgan fingerprint density at radius 1 is 1.11 bits per heavy atom. The molecule has 1 atom stereocenters. The molecule has 1 nitrogen and oxygen atoms in total. The van der Waals surface area contributed by atoms with Crippen molar-refractivity contribution >= 4 is 0 Å². The van der Waals surface area contributed by atoms with Crippen LogP contribution < -0.4 is 5.32 Å². The largest absolute Gasteiger partial charge is 0.416 e. The predicted octanol–water partition coefficient (Wildman–Crippen LogP) is 4.54. The fraction of sp³-hybridized carbons (Fsp3) is 0.571. The van der Waals surface area contributed by atoms with Crippen LogP contribution in [0.4, 0.5) is 13.2 Å². The molecule has 1 N–H and O–H groups in total. The van der Waals surface area contributed by atoms with Crippen LogP contribution in [-0.4, -0.2) is 5.54 Å². The monoisotopic (exact) mass is 259 g/mol. The number of hydrogen-bond donors (Lipinski definition) is 1. The van der Waals surface area contributed by atoms with Gasteiger partial charge < -0.3 is 5.32 Å². The second-order valence-electron chi connectivity index (χ2n) is 5.22. The minimum Gasteiger partial charge on any atom is -0.305 e. The van der Waals surface area contributed by atoms with Gasteiger partial charge in [-0.2, -0.15) is 13.2 Å². The van der Waals surface area contributed by atoms with E-state index in [9.17, 15) is 13.2 Å². The van der Waals surface area contributed by atoms with Gasteiger partial charge in [0.25, 0.3) is 0 Å². The fourth-order valence-electron chi connectivity index (χ4n) is 1.73. The SMILES string of the molecule is CCC(C)(C)NC(C)c1ccc(C(F)(F)F)cc1. The van der Waals surface area contributed by atoms with Crippen LogP contribution in [0.2, 0.25) is 0 Å². The first-order valence-electron chi connectivity index (χ1n) is 6.10. The van der Waals surface area contributed by atoms with E-state index in [1.165, 1.54) is 12.1 Å². The number of alkyl halides is 3. The fourth-order valence-corrected chi connectivity index (χ4v) is 1.73. The van der Waals surface area contributed by atoms with Gasteiger partial charge in [-0.15, -0.1) is 0 Å². The van der Waals surface area contributed by atoms with Crippen molar-refractivity contribution < 1.29 is 13.2 Å². The first-order chi connectivity index (χ1) is 8.15. The lowest BCUT2D eigenvalue weighted by atomic mass is 9.98. The summed E-state index contributed by atoms with van der Waals surface area (Å²) in [5.74, 6) is 0. The zero-order valence-corrected chi connectivity index (χ0v) is 11.2. The molecule has 0 bridgehead atoms. The van der Waals surface area contributed by atoms with E-state index >= 15 is 0 Å². The van der Waals surface area contributed by atoms with Crippen LogP contribution in [0.5, 0.6) is 0 Å². The van der Waals surface area contributed by atoms with E-state index in [0.717, 1.165) is 24.1 Å². The third kappa shape index (κ3) is 4.02. The molecule has 0 saturated heterocycles. The minimum atomic E-state index is -4.27. The maximum Gasteiger partial charge on any atom is 0.416 e. The standard InChI is InChI=1S/C14H20F3N/c1-5-13(3,4)18-10(2)11-6-8-12(9-7-11)14(15,16)17/h6-10,18H,5H2,1-4H3. The Labute approximate surface area is 106 Å². The third-order valence-corrected chi connectivity index (χ3v) is 3.23. The smallest absolute Gasteiger partial charge is 0.305 e. The summed E-state index contributed by atoms with van der Waals surface area (Å²) in [6, 6.07) is 5.36. The van der Waals surface area contributed by atoms with Crippen molar-refractivity contribution in [3.8, 4) is 0 Å². The highest BCUT2D eigenvalue weighted by Crippen LogP contribution is 2.30. The molecule has 0 amide bonds. The molecule has 1 aromatic rings. The molecule has 0 fully saturated rings. The van der Waals surface area contributed by atoms with E-state index < -0.39 is 11.7 Å². The number of hydrogen-bond acceptors (Lipinski definition) is 1. The van der Waals surface area contributed by atoms with Gasteiger partial charge in [0.1, 0.15) is 0 Å². The van der Waals surface area contributed by atoms with Crippen LogP contribution in [-0.2, 0) is 6.18 Å². The minimum absolute atomic E-state index is 0.0257. The lowest BCUT2D eigenvalue weighted by Crippen LogP contribution is -2.40. The third-order valence-electron chi connectivity index (χ3n) is 3.23. The van der Waals surface area contributed by atoms with Gasteiger partial charge >= 0.3 is 6.18 Å². The van der Waals surface area contributed by atoms with Gasteiger partial charge in [-0.05, 0) is 44.9 Å². The summed E-state index contributed by atoms with van der Waals surface area (Å²) in [4.78, 5) is 0. The van der Waals surface area contributed by atoms with Gasteiger partial charge in [0, 0.05) is 11.6 Å². The summed E-state index contributed by atoms with van der Waals surface area (Å²) in [6.07, 6.45) is -3.31. The van der Waals surface area contributed by atoms with E-state index in [2.05, 4.69) is 26.1 Å². The van der Waals surface area contributed by atoms with Crippen LogP contribution in [0, 0.1) is 0 Å². The van der Waals surface area contributed by atoms with E-state index in [-0.39, 0.29) is 11.6 Å². The highest BCUT2D eigenvalue weighted by molar-refractivity contribution is 5.26. The maximum atomic E-state index is 12.4. The molecule has 1 rings (SSSR count). The Morgan fingerprint density at radius 2 is 1.61 bits per heavy atom. The molecule has 1 aromatic carbocycles. The molecule has 18 heavy (non-hydrogen) atoms. The average molecular weight is 259 g/mol. The molecule has 0 aliphatic carbocycles. The zero-order valence-electron chi connectivity index (χ0n) is 11.2. The Balaban J connectivity index is 2.80. The summed E-state index contributed by atoms with van der Waals surface area (Å²) in [5.41, 5.74) is 0.236. The Hall–Kier alpha value is -1.03. The van der Waals surface area contributed by atoms with Gasteiger partial charge in [-0.3, -0.25) is 0 Å². The van der Waals surface area contributed by atoms with Crippen molar-refractivity contribution in [1.29, 1.82) is 0 Å². The summed E-state index contributed by atoms with van der Waals surface area (Å²) in [7, 11) is 0. The summed E-state index contributed by atoms with van der Waals surface area (Å²) < 4.78 is 37.3. The van der Waals surface area contributed by atoms with Crippen LogP contribution in [0.3, 0.4) is 0 Å². The Morgan fingerprint density at radius 3 is 2.00 bits per heavy atom. The molecule has 0 saturated carbocycles. The van der Waals surface area contributed by atoms with Crippen LogP contribution in [0.1, 0.15) is 51.3 Å². The van der Waals surface area contributed by atoms with Crippen molar-refractivity contribution in [2.24, 2.45) is 0 Å². The first-order valence-corrected chi connectivity index (χ1v) is 6.10. The van der Waals surface area contributed by atoms with Gasteiger partial charge in [-0.25, -0.2) is 0 Å². The summed E-state index contributed by atoms with van der Waals surface area (Å²) in [5, 5.41) is 3.40. The van der Waals surface area contributed by atoms with Crippen LogP contribution in [0.25, 0.3) is 0 Å². The zero-order chi connectivity index (χ0) is 14.0. The molecule has 0 radical (unpaired) electrons. The van der Waals surface area contributed by atoms with Gasteiger partial charge in [0.15, 0.2) is 0 Å². The summed E-state index contributed by atoms with van der Waals surface area (Å²) in [6.45, 7) is 8.19. The van der Waals surface area contributed by atoms with Crippen LogP contribution >= 0.6 is 0 Å². The molecule has 1 unspecified atom stereocenters. The number of halogens is 3. The van der Waals surface area contributed by atoms with E-state index in [1.54, 1.807) is 0 Å². The topological polar surface area (TPSA) is 12.0 Å². The molecule has 0 aromatic heterocycles. The molecule has 4 heteroatoms. The van der Waals surface area contributed by atoms with Crippen LogP contribution in [0.15, 0.2) is 24.3 Å². The lowest BCUT2D eigenvalue weighted by Gasteiger charge is -2.29. The van der Waals surface area contributed by atoms with Crippen molar-refractivity contribution in [2.45, 2.75) is 51.9 Å². The normalized spacial score (nSPS) is 14.6. The van der Waals surface area contributed by atoms with Crippen molar-refractivity contribution in [2.75, 3.05) is 0 Å². The Bertz CT molecular complexity index is 379. The molecule has 0 aliphatic heterocycles. The number of rotatable bonds is 4. The molecule has 0 heterocycles. The van der Waals surface area contributed by atoms with E-state index in [0.29, 0.717) is 0 Å². The lowest BCUT2D eigenvalue weighted by molar-refractivity contribution is -0.137. The molecule has 0 aliphatic rings. The molecular formula is C14H20F3N. The second kappa shape index (κ2) is 5.31. The van der Waals surface area contributed by atoms with Crippen molar-refractivity contribution in [1.82, 2.24) is 5.32 Å². The van der Waals surface area contributed by atoms with Crippen molar-refractivity contribution in [3.63, 3.8) is 0 Å². The van der Waals surface area contributed by atoms with Gasteiger partial charge in [-0.1, -0.05) is 19.1 Å². The highest BCUT2D eigenvalue weighted by atomic mass is 19.4. The van der Waals surface area contributed by atoms with E-state index in [1.807, 2.05) is 6.92 Å². The first kappa shape index (κ1) is 15.0. The second-order valence-corrected chi connectivity index (χ2v) is 5.22. The van der Waals surface area contributed by atoms with Crippen molar-refractivity contribution in [3.05, 3.63) is 35.4 Å². The van der Waals surface area contributed by atoms with Gasteiger partial charge in [0.2, 0.25) is 0 Å². The average Bonchev–Trinajstić information content (AvgIpc) is 2.27. The molecule has 0 spiro atoms. The highest BCUT2D eigenvalue weighted by Gasteiger charge is 2.30. The quantitative estimate of drug-likeness (QED) is 0.836. The van der Waals surface area contributed by atoms with E-state index in [4.69, 9.17) is 0 Å². The summed E-state index contributed by atoms with van der Waals surface area (Å²) >= 11 is 0. The van der Waals surface area contributed by atoms with Gasteiger partial charge in [0.05, 0.1) is 5.56 Å².